The Balaban J connectivity index is 5.58. The Morgan fingerprint density at radius 2 is 0.833 bits per heavy atom. The molecule has 0 radical (unpaired) electrons. The van der Waals surface area contributed by atoms with Crippen LogP contribution in [0.5, 0.6) is 0 Å². The molecule has 0 fully saturated rings. The normalized spacial score (nSPS) is 16.0. The summed E-state index contributed by atoms with van der Waals surface area (Å²) in [7, 11) is 0. The Hall–Kier alpha value is -0.770. The van der Waals surface area contributed by atoms with Gasteiger partial charge in [-0.3, -0.25) is 0 Å². The molecule has 0 unspecified atom stereocenters. The van der Waals surface area contributed by atoms with Crippen molar-refractivity contribution in [1.29, 1.82) is 0 Å². The van der Waals surface area contributed by atoms with Crippen LogP contribution in [0.15, 0.2) is 0 Å². The molecule has 0 amide bonds. The van der Waals surface area contributed by atoms with E-state index < -0.39 is 43.2 Å². The molecule has 0 spiro atoms. The van der Waals surface area contributed by atoms with E-state index in [9.17, 15) is 48.3 Å². The van der Waals surface area contributed by atoms with Gasteiger partial charge in [0, 0.05) is 6.42 Å². The van der Waals surface area contributed by atoms with Crippen LogP contribution in [-0.2, 0) is 0 Å². The molecular weight excluding hydrogens is 293 g/mol. The van der Waals surface area contributed by atoms with E-state index in [1.807, 2.05) is 0 Å². The molecule has 0 aliphatic heterocycles. The van der Waals surface area contributed by atoms with Gasteiger partial charge in [-0.25, -0.2) is 0 Å². The van der Waals surface area contributed by atoms with Crippen LogP contribution in [0.3, 0.4) is 0 Å². The maximum Gasteiger partial charge on any atom is 0.453 e. The van der Waals surface area contributed by atoms with Gasteiger partial charge >= 0.3 is 24.5 Å². The summed E-state index contributed by atoms with van der Waals surface area (Å²) in [6.45, 7) is -0.743. The molecule has 11 heteroatoms. The highest BCUT2D eigenvalue weighted by Gasteiger charge is 2.73. The van der Waals surface area contributed by atoms with Gasteiger partial charge in [0.15, 0.2) is 5.41 Å². The van der Waals surface area contributed by atoms with Gasteiger partial charge in [0.1, 0.15) is 0 Å². The summed E-state index contributed by atoms with van der Waals surface area (Å²) in [6, 6.07) is 0. The van der Waals surface area contributed by atoms with Gasteiger partial charge in [-0.15, -0.1) is 0 Å². The molecule has 0 heterocycles. The molecule has 0 aromatic heterocycles. The molecule has 18 heavy (non-hydrogen) atoms. The molecule has 0 bridgehead atoms. The molecule has 0 aromatic rings. The van der Waals surface area contributed by atoms with Crippen LogP contribution < -0.4 is 0 Å². The molecule has 0 N–H and O–H groups in total. The number of alkyl halides is 11. The first-order valence-corrected chi connectivity index (χ1v) is 4.04. The molecule has 0 rings (SSSR count). The smallest absolute Gasteiger partial charge is 0.196 e. The van der Waals surface area contributed by atoms with Crippen molar-refractivity contribution in [2.75, 3.05) is 0 Å². The lowest BCUT2D eigenvalue weighted by Crippen LogP contribution is -2.53. The summed E-state index contributed by atoms with van der Waals surface area (Å²) < 4.78 is 132. The Labute approximate surface area is 92.7 Å². The summed E-state index contributed by atoms with van der Waals surface area (Å²) in [5, 5.41) is 0. The lowest BCUT2D eigenvalue weighted by atomic mass is 9.82. The highest BCUT2D eigenvalue weighted by molar-refractivity contribution is 4.95. The quantitative estimate of drug-likeness (QED) is 0.648. The minimum atomic E-state index is -6.50. The highest BCUT2D eigenvalue weighted by atomic mass is 19.4. The van der Waals surface area contributed by atoms with Crippen molar-refractivity contribution in [3.63, 3.8) is 0 Å². The molecule has 0 atom stereocenters. The van der Waals surface area contributed by atoms with Gasteiger partial charge < -0.3 is 0 Å². The van der Waals surface area contributed by atoms with Crippen LogP contribution in [0.25, 0.3) is 0 Å². The van der Waals surface area contributed by atoms with E-state index in [0.717, 1.165) is 0 Å². The van der Waals surface area contributed by atoms with Crippen LogP contribution in [0.1, 0.15) is 13.3 Å². The van der Waals surface area contributed by atoms with Gasteiger partial charge in [-0.05, 0) is 6.92 Å². The third-order valence-electron chi connectivity index (χ3n) is 2.24. The number of hydrogen-bond donors (Lipinski definition) is 0. The van der Waals surface area contributed by atoms with Crippen molar-refractivity contribution < 1.29 is 48.3 Å². The predicted molar refractivity (Wildman–Crippen MR) is 35.8 cm³/mol. The van der Waals surface area contributed by atoms with Crippen LogP contribution in [-0.4, -0.2) is 24.5 Å². The lowest BCUT2D eigenvalue weighted by molar-refractivity contribution is -0.371. The summed E-state index contributed by atoms with van der Waals surface area (Å²) in [5.74, 6) is -6.10. The second-order valence-corrected chi connectivity index (χ2v) is 3.71. The summed E-state index contributed by atoms with van der Waals surface area (Å²) in [5.41, 5.74) is -5.15. The van der Waals surface area contributed by atoms with Crippen molar-refractivity contribution in [3.8, 4) is 0 Å². The van der Waals surface area contributed by atoms with E-state index in [4.69, 9.17) is 0 Å². The zero-order valence-corrected chi connectivity index (χ0v) is 8.36. The Bertz CT molecular complexity index is 276. The van der Waals surface area contributed by atoms with E-state index in [2.05, 4.69) is 0 Å². The Morgan fingerprint density at radius 1 is 0.556 bits per heavy atom. The first-order valence-electron chi connectivity index (χ1n) is 4.04. The average Bonchev–Trinajstić information content (AvgIpc) is 1.95. The van der Waals surface area contributed by atoms with E-state index in [1.165, 1.54) is 0 Å². The standard InChI is InChI=1S/C7H5F11/c1-3(5(10,11)12,6(13,14)15)2-4(8,9)7(16,17)18/h2H2,1H3. The fourth-order valence-electron chi connectivity index (χ4n) is 0.905. The lowest BCUT2D eigenvalue weighted by Gasteiger charge is -2.36. The summed E-state index contributed by atoms with van der Waals surface area (Å²) >= 11 is 0. The fourth-order valence-corrected chi connectivity index (χ4v) is 0.905. The second-order valence-electron chi connectivity index (χ2n) is 3.71. The zero-order chi connectivity index (χ0) is 15.2. The minimum Gasteiger partial charge on any atom is -0.196 e. The molecular formula is C7H5F11. The van der Waals surface area contributed by atoms with Crippen molar-refractivity contribution >= 4 is 0 Å². The molecule has 0 saturated heterocycles. The Kier molecular flexibility index (Phi) is 3.94. The van der Waals surface area contributed by atoms with Gasteiger partial charge in [-0.1, -0.05) is 0 Å². The first-order chi connectivity index (χ1) is 7.46. The number of hydrogen-bond acceptors (Lipinski definition) is 0. The van der Waals surface area contributed by atoms with E-state index in [1.54, 1.807) is 0 Å². The largest absolute Gasteiger partial charge is 0.453 e. The van der Waals surface area contributed by atoms with Crippen LogP contribution >= 0.6 is 0 Å². The predicted octanol–water partition coefficient (Wildman–Crippen LogP) is 4.71. The topological polar surface area (TPSA) is 0 Å². The van der Waals surface area contributed by atoms with Gasteiger partial charge in [0.05, 0.1) is 0 Å². The first kappa shape index (κ1) is 17.2. The summed E-state index contributed by atoms with van der Waals surface area (Å²) in [6.07, 6.45) is -22.5. The third-order valence-corrected chi connectivity index (χ3v) is 2.24. The van der Waals surface area contributed by atoms with Crippen molar-refractivity contribution in [1.82, 2.24) is 0 Å². The zero-order valence-electron chi connectivity index (χ0n) is 8.36. The van der Waals surface area contributed by atoms with Crippen molar-refractivity contribution in [2.24, 2.45) is 5.41 Å². The van der Waals surface area contributed by atoms with Gasteiger partial charge in [0.2, 0.25) is 0 Å². The SMILES string of the molecule is CC(CC(F)(F)C(F)(F)F)(C(F)(F)F)C(F)(F)F. The van der Waals surface area contributed by atoms with Crippen LogP contribution in [0.2, 0.25) is 0 Å². The maximum absolute atomic E-state index is 12.4. The van der Waals surface area contributed by atoms with Crippen LogP contribution in [0, 0.1) is 5.41 Å². The molecule has 110 valence electrons. The van der Waals surface area contributed by atoms with Crippen LogP contribution in [0.4, 0.5) is 48.3 Å². The molecule has 0 saturated carbocycles. The number of rotatable bonds is 2. The van der Waals surface area contributed by atoms with Gasteiger partial charge in [0.25, 0.3) is 0 Å². The monoisotopic (exact) mass is 298 g/mol. The van der Waals surface area contributed by atoms with Crippen molar-refractivity contribution in [3.05, 3.63) is 0 Å². The van der Waals surface area contributed by atoms with E-state index >= 15 is 0 Å². The molecule has 0 nitrogen and oxygen atoms in total. The Morgan fingerprint density at radius 3 is 1.00 bits per heavy atom. The third kappa shape index (κ3) is 2.97. The van der Waals surface area contributed by atoms with E-state index in [-0.39, 0.29) is 0 Å². The molecule has 0 aliphatic rings. The second kappa shape index (κ2) is 4.12. The highest BCUT2D eigenvalue weighted by Crippen LogP contribution is 2.57. The van der Waals surface area contributed by atoms with Gasteiger partial charge in [-0.2, -0.15) is 48.3 Å². The average molecular weight is 298 g/mol. The maximum atomic E-state index is 12.4. The molecule has 0 aliphatic carbocycles. The fraction of sp³-hybridized carbons (Fsp3) is 1.00. The molecule has 0 aromatic carbocycles. The minimum absolute atomic E-state index is 0.743. The number of halogens is 11. The van der Waals surface area contributed by atoms with E-state index in [0.29, 0.717) is 0 Å². The summed E-state index contributed by atoms with van der Waals surface area (Å²) in [4.78, 5) is 0. The van der Waals surface area contributed by atoms with Crippen molar-refractivity contribution in [2.45, 2.75) is 37.8 Å².